The summed E-state index contributed by atoms with van der Waals surface area (Å²) in [5.41, 5.74) is 2.51. The number of aryl methyl sites for hydroxylation is 2. The number of aromatic nitrogens is 5. The maximum absolute atomic E-state index is 13.0. The van der Waals surface area contributed by atoms with Gasteiger partial charge in [0.25, 0.3) is 5.56 Å². The molecule has 29 heavy (non-hydrogen) atoms. The molecule has 0 saturated carbocycles. The van der Waals surface area contributed by atoms with Crippen molar-refractivity contribution in [3.05, 3.63) is 51.3 Å². The Morgan fingerprint density at radius 3 is 2.62 bits per heavy atom. The molecule has 3 aromatic rings. The van der Waals surface area contributed by atoms with Crippen LogP contribution in [0.1, 0.15) is 43.4 Å². The third-order valence-corrected chi connectivity index (χ3v) is 5.40. The fraction of sp³-hybridized carbons (Fsp3) is 0.450. The smallest absolute Gasteiger partial charge is 0.261 e. The Balaban J connectivity index is 1.82. The summed E-state index contributed by atoms with van der Waals surface area (Å²) in [7, 11) is 1.84. The Morgan fingerprint density at radius 2 is 1.93 bits per heavy atom. The summed E-state index contributed by atoms with van der Waals surface area (Å²) in [5, 5.41) is 12.0. The Bertz CT molecular complexity index is 1130. The van der Waals surface area contributed by atoms with Crippen molar-refractivity contribution in [2.75, 3.05) is 5.75 Å². The largest absolute Gasteiger partial charge is 0.351 e. The van der Waals surface area contributed by atoms with Crippen LogP contribution in [0.2, 0.25) is 0 Å². The lowest BCUT2D eigenvalue weighted by atomic mass is 10.1. The van der Waals surface area contributed by atoms with Gasteiger partial charge in [-0.1, -0.05) is 17.8 Å². The molecule has 1 amide bonds. The highest BCUT2D eigenvalue weighted by molar-refractivity contribution is 7.99. The molecule has 0 aromatic carbocycles. The molecule has 154 valence electrons. The summed E-state index contributed by atoms with van der Waals surface area (Å²) < 4.78 is 3.39. The highest BCUT2D eigenvalue weighted by atomic mass is 32.2. The van der Waals surface area contributed by atoms with Crippen LogP contribution in [-0.4, -0.2) is 41.3 Å². The van der Waals surface area contributed by atoms with Gasteiger partial charge >= 0.3 is 0 Å². The Morgan fingerprint density at radius 1 is 1.21 bits per heavy atom. The summed E-state index contributed by atoms with van der Waals surface area (Å²) in [6.07, 6.45) is 2.12. The number of thioether (sulfide) groups is 1. The third kappa shape index (κ3) is 4.84. The van der Waals surface area contributed by atoms with Crippen molar-refractivity contribution in [3.8, 4) is 0 Å². The van der Waals surface area contributed by atoms with Crippen molar-refractivity contribution in [3.63, 3.8) is 0 Å². The molecule has 0 radical (unpaired) electrons. The summed E-state index contributed by atoms with van der Waals surface area (Å²) in [6, 6.07) is 3.77. The molecule has 0 bridgehead atoms. The number of hydrogen-bond acceptors (Lipinski definition) is 6. The van der Waals surface area contributed by atoms with Crippen molar-refractivity contribution < 1.29 is 4.79 Å². The molecule has 0 fully saturated rings. The first-order valence-corrected chi connectivity index (χ1v) is 10.3. The number of carbonyl (C=O) groups excluding carboxylic acids is 1. The van der Waals surface area contributed by atoms with E-state index in [0.29, 0.717) is 34.3 Å². The normalized spacial score (nSPS) is 11.8. The lowest BCUT2D eigenvalue weighted by Crippen LogP contribution is -2.41. The van der Waals surface area contributed by atoms with E-state index in [9.17, 15) is 9.59 Å². The van der Waals surface area contributed by atoms with Crippen LogP contribution in [0, 0.1) is 13.8 Å². The summed E-state index contributed by atoms with van der Waals surface area (Å²) in [4.78, 5) is 29.6. The number of fused-ring (bicyclic) bond motifs is 1. The lowest BCUT2D eigenvalue weighted by molar-refractivity contribution is -0.119. The molecular formula is C20H26N6O2S. The second-order valence-electron chi connectivity index (χ2n) is 8.14. The van der Waals surface area contributed by atoms with Gasteiger partial charge in [-0.2, -0.15) is 0 Å². The van der Waals surface area contributed by atoms with Crippen molar-refractivity contribution in [2.45, 2.75) is 51.7 Å². The third-order valence-electron chi connectivity index (χ3n) is 4.38. The predicted molar refractivity (Wildman–Crippen MR) is 113 cm³/mol. The molecule has 0 spiro atoms. The molecule has 0 aliphatic heterocycles. The van der Waals surface area contributed by atoms with Gasteiger partial charge in [0, 0.05) is 36.5 Å². The van der Waals surface area contributed by atoms with E-state index in [1.165, 1.54) is 11.8 Å². The molecule has 0 saturated heterocycles. The van der Waals surface area contributed by atoms with E-state index >= 15 is 0 Å². The van der Waals surface area contributed by atoms with E-state index in [1.807, 2.05) is 58.4 Å². The van der Waals surface area contributed by atoms with E-state index in [4.69, 9.17) is 0 Å². The van der Waals surface area contributed by atoms with Crippen LogP contribution in [0.4, 0.5) is 0 Å². The highest BCUT2D eigenvalue weighted by Gasteiger charge is 2.18. The van der Waals surface area contributed by atoms with Gasteiger partial charge in [-0.3, -0.25) is 14.0 Å². The molecule has 3 aromatic heterocycles. The molecule has 0 aliphatic carbocycles. The van der Waals surface area contributed by atoms with E-state index in [2.05, 4.69) is 20.5 Å². The second kappa shape index (κ2) is 7.98. The number of nitrogens with one attached hydrogen (secondary N) is 1. The zero-order chi connectivity index (χ0) is 21.3. The van der Waals surface area contributed by atoms with Crippen LogP contribution >= 0.6 is 11.8 Å². The Hall–Kier alpha value is -2.68. The number of rotatable bonds is 5. The minimum atomic E-state index is -0.274. The summed E-state index contributed by atoms with van der Waals surface area (Å²) >= 11 is 1.32. The average Bonchev–Trinajstić information content (AvgIpc) is 2.96. The van der Waals surface area contributed by atoms with Gasteiger partial charge in [0.15, 0.2) is 5.16 Å². The molecular weight excluding hydrogens is 388 g/mol. The van der Waals surface area contributed by atoms with Crippen LogP contribution in [0.5, 0.6) is 0 Å². The fourth-order valence-electron chi connectivity index (χ4n) is 2.96. The van der Waals surface area contributed by atoms with Gasteiger partial charge < -0.3 is 9.88 Å². The fourth-order valence-corrected chi connectivity index (χ4v) is 3.69. The van der Waals surface area contributed by atoms with E-state index in [1.54, 1.807) is 10.6 Å². The summed E-state index contributed by atoms with van der Waals surface area (Å²) in [5.74, 6) is 0.843. The lowest BCUT2D eigenvalue weighted by Gasteiger charge is -2.20. The van der Waals surface area contributed by atoms with E-state index < -0.39 is 0 Å². The topological polar surface area (TPSA) is 94.2 Å². The zero-order valence-corrected chi connectivity index (χ0v) is 18.4. The van der Waals surface area contributed by atoms with Crippen LogP contribution in [0.15, 0.2) is 28.3 Å². The average molecular weight is 415 g/mol. The summed E-state index contributed by atoms with van der Waals surface area (Å²) in [6.45, 7) is 9.59. The zero-order valence-electron chi connectivity index (χ0n) is 17.6. The van der Waals surface area contributed by atoms with Crippen LogP contribution < -0.4 is 10.9 Å². The molecule has 3 heterocycles. The van der Waals surface area contributed by atoms with Crippen molar-refractivity contribution in [1.29, 1.82) is 0 Å². The minimum Gasteiger partial charge on any atom is -0.351 e. The SMILES string of the molecule is Cc1ccc2nc(C)c(Cc3nnc(SCC(=O)NC(C)(C)C)n3C)c(=O)n2c1. The van der Waals surface area contributed by atoms with Crippen LogP contribution in [0.3, 0.4) is 0 Å². The molecule has 0 atom stereocenters. The minimum absolute atomic E-state index is 0.0600. The first kappa shape index (κ1) is 21.0. The van der Waals surface area contributed by atoms with Gasteiger partial charge in [-0.05, 0) is 46.2 Å². The Labute approximate surface area is 173 Å². The molecule has 8 nitrogen and oxygen atoms in total. The van der Waals surface area contributed by atoms with Crippen LogP contribution in [0.25, 0.3) is 5.65 Å². The number of amides is 1. The molecule has 0 unspecified atom stereocenters. The van der Waals surface area contributed by atoms with Gasteiger partial charge in [-0.15, -0.1) is 10.2 Å². The van der Waals surface area contributed by atoms with Crippen LogP contribution in [-0.2, 0) is 18.3 Å². The maximum atomic E-state index is 13.0. The molecule has 0 aliphatic rings. The monoisotopic (exact) mass is 414 g/mol. The Kier molecular flexibility index (Phi) is 5.79. The number of pyridine rings is 1. The first-order chi connectivity index (χ1) is 13.5. The molecule has 9 heteroatoms. The number of carbonyl (C=O) groups is 1. The van der Waals surface area contributed by atoms with Crippen molar-refractivity contribution in [2.24, 2.45) is 7.05 Å². The standard InChI is InChI=1S/C20H26N6O2S/c1-12-7-8-15-21-13(2)14(18(28)26(15)10-12)9-16-23-24-19(25(16)6)29-11-17(27)22-20(3,4)5/h7-8,10H,9,11H2,1-6H3,(H,22,27). The second-order valence-corrected chi connectivity index (χ2v) is 9.08. The first-order valence-electron chi connectivity index (χ1n) is 9.36. The van der Waals surface area contributed by atoms with Crippen molar-refractivity contribution >= 4 is 23.3 Å². The quantitative estimate of drug-likeness (QED) is 0.642. The van der Waals surface area contributed by atoms with E-state index in [0.717, 1.165) is 5.56 Å². The number of hydrogen-bond donors (Lipinski definition) is 1. The molecule has 3 rings (SSSR count). The predicted octanol–water partition coefficient (Wildman–Crippen LogP) is 2.04. The van der Waals surface area contributed by atoms with Gasteiger partial charge in [0.05, 0.1) is 5.75 Å². The van der Waals surface area contributed by atoms with E-state index in [-0.39, 0.29) is 22.8 Å². The maximum Gasteiger partial charge on any atom is 0.261 e. The van der Waals surface area contributed by atoms with Crippen molar-refractivity contribution in [1.82, 2.24) is 29.5 Å². The molecule has 1 N–H and O–H groups in total. The number of nitrogens with zero attached hydrogens (tertiary/aromatic N) is 5. The van der Waals surface area contributed by atoms with Gasteiger partial charge in [0.1, 0.15) is 11.5 Å². The van der Waals surface area contributed by atoms with Gasteiger partial charge in [0.2, 0.25) is 5.91 Å². The van der Waals surface area contributed by atoms with Gasteiger partial charge in [-0.25, -0.2) is 4.98 Å². The highest BCUT2D eigenvalue weighted by Crippen LogP contribution is 2.18.